The van der Waals surface area contributed by atoms with Gasteiger partial charge in [0.25, 0.3) is 5.91 Å². The number of nitrogens with one attached hydrogen (secondary N) is 1. The molecule has 3 atom stereocenters. The number of halogens is 1. The first-order valence-corrected chi connectivity index (χ1v) is 18.7. The molecule has 256 valence electrons. The highest BCUT2D eigenvalue weighted by Crippen LogP contribution is 2.32. The molecule has 0 radical (unpaired) electrons. The number of carbonyl (C=O) groups excluding carboxylic acids is 3. The average Bonchev–Trinajstić information content (AvgIpc) is 3.45. The minimum atomic E-state index is -0.793. The van der Waals surface area contributed by atoms with Crippen LogP contribution in [0.1, 0.15) is 46.4 Å². The van der Waals surface area contributed by atoms with E-state index in [4.69, 9.17) is 9.47 Å². The largest absolute Gasteiger partial charge is 0.492 e. The Morgan fingerprint density at radius 2 is 1.73 bits per heavy atom. The minimum Gasteiger partial charge on any atom is -0.492 e. The molecule has 3 aromatic carbocycles. The first kappa shape index (κ1) is 35.9. The summed E-state index contributed by atoms with van der Waals surface area (Å²) < 4.78 is 26.0. The molecule has 2 fully saturated rings. The van der Waals surface area contributed by atoms with Gasteiger partial charge in [0.05, 0.1) is 0 Å². The van der Waals surface area contributed by atoms with Crippen LogP contribution in [-0.4, -0.2) is 103 Å². The first-order valence-electron chi connectivity index (χ1n) is 16.4. The molecule has 5 rings (SSSR count). The third-order valence-electron chi connectivity index (χ3n) is 8.92. The van der Waals surface area contributed by atoms with Gasteiger partial charge in [0.2, 0.25) is 5.12 Å². The molecule has 1 N–H and O–H groups in total. The van der Waals surface area contributed by atoms with Crippen molar-refractivity contribution in [3.63, 3.8) is 0 Å². The topological polar surface area (TPSA) is 88.2 Å². The van der Waals surface area contributed by atoms with Gasteiger partial charge in [-0.25, -0.2) is 9.18 Å². The lowest BCUT2D eigenvalue weighted by Gasteiger charge is -2.30. The van der Waals surface area contributed by atoms with Crippen LogP contribution in [0.25, 0.3) is 11.1 Å². The monoisotopic (exact) mass is 693 g/mol. The van der Waals surface area contributed by atoms with Crippen molar-refractivity contribution < 1.29 is 28.2 Å². The van der Waals surface area contributed by atoms with Gasteiger partial charge in [0, 0.05) is 42.1 Å². The van der Waals surface area contributed by atoms with Crippen LogP contribution in [-0.2, 0) is 9.53 Å². The number of amides is 1. The lowest BCUT2D eigenvalue weighted by Crippen LogP contribution is -2.45. The van der Waals surface area contributed by atoms with Crippen LogP contribution in [0.15, 0.2) is 72.8 Å². The van der Waals surface area contributed by atoms with Crippen LogP contribution in [0.5, 0.6) is 5.75 Å². The normalized spacial score (nSPS) is 19.5. The number of piperidine rings is 1. The summed E-state index contributed by atoms with van der Waals surface area (Å²) in [6, 6.07) is 19.8. The Hall–Kier alpha value is -3.38. The van der Waals surface area contributed by atoms with Crippen LogP contribution < -0.4 is 10.1 Å². The van der Waals surface area contributed by atoms with E-state index in [1.54, 1.807) is 42.1 Å². The van der Waals surface area contributed by atoms with E-state index >= 15 is 0 Å². The molecule has 11 heteroatoms. The minimum absolute atomic E-state index is 0.0687. The Kier molecular flexibility index (Phi) is 13.0. The van der Waals surface area contributed by atoms with E-state index in [-0.39, 0.29) is 28.3 Å². The summed E-state index contributed by atoms with van der Waals surface area (Å²) in [6.07, 6.45) is 4.57. The molecule has 0 aromatic heterocycles. The fourth-order valence-electron chi connectivity index (χ4n) is 6.04. The van der Waals surface area contributed by atoms with E-state index in [0.717, 1.165) is 38.9 Å². The van der Waals surface area contributed by atoms with E-state index in [0.29, 0.717) is 46.8 Å². The molecule has 2 aliphatic rings. The molecule has 2 aliphatic heterocycles. The van der Waals surface area contributed by atoms with E-state index in [1.807, 2.05) is 50.7 Å². The second kappa shape index (κ2) is 17.3. The SMILES string of the molecule is CSCCC(NC(=O)c1ccc(OCC2CC(SC(=O)c3ccccc3)CN2C)cc1-c1ccc(F)cc1)C(=O)OC1CCN(C)CC1. The Morgan fingerprint density at radius 3 is 2.44 bits per heavy atom. The van der Waals surface area contributed by atoms with Gasteiger partial charge in [0.15, 0.2) is 0 Å². The molecule has 0 saturated carbocycles. The van der Waals surface area contributed by atoms with E-state index < -0.39 is 17.9 Å². The maximum atomic E-state index is 13.9. The van der Waals surface area contributed by atoms with Crippen molar-refractivity contribution in [2.24, 2.45) is 0 Å². The summed E-state index contributed by atoms with van der Waals surface area (Å²) in [5.41, 5.74) is 2.27. The van der Waals surface area contributed by atoms with Gasteiger partial charge in [-0.3, -0.25) is 14.5 Å². The number of likely N-dealkylation sites (tertiary alicyclic amines) is 2. The van der Waals surface area contributed by atoms with Gasteiger partial charge >= 0.3 is 5.97 Å². The maximum Gasteiger partial charge on any atom is 0.328 e. The first-order chi connectivity index (χ1) is 23.2. The average molecular weight is 694 g/mol. The summed E-state index contributed by atoms with van der Waals surface area (Å²) in [7, 11) is 4.08. The zero-order valence-corrected chi connectivity index (χ0v) is 29.4. The molecule has 48 heavy (non-hydrogen) atoms. The lowest BCUT2D eigenvalue weighted by molar-refractivity contribution is -0.153. The van der Waals surface area contributed by atoms with Gasteiger partial charge in [0.1, 0.15) is 30.3 Å². The Morgan fingerprint density at radius 1 is 1.00 bits per heavy atom. The van der Waals surface area contributed by atoms with Gasteiger partial charge in [-0.05, 0) is 93.2 Å². The molecule has 8 nitrogen and oxygen atoms in total. The van der Waals surface area contributed by atoms with Crippen molar-refractivity contribution in [2.75, 3.05) is 52.3 Å². The fraction of sp³-hybridized carbons (Fsp3) is 0.432. The van der Waals surface area contributed by atoms with Crippen LogP contribution in [0.4, 0.5) is 4.39 Å². The number of benzene rings is 3. The van der Waals surface area contributed by atoms with E-state index in [9.17, 15) is 18.8 Å². The molecule has 0 bridgehead atoms. The number of hydrogen-bond acceptors (Lipinski definition) is 9. The predicted octanol–water partition coefficient (Wildman–Crippen LogP) is 6.01. The maximum absolute atomic E-state index is 13.9. The summed E-state index contributed by atoms with van der Waals surface area (Å²) in [6.45, 7) is 2.90. The summed E-state index contributed by atoms with van der Waals surface area (Å²) in [5, 5.41) is 3.16. The van der Waals surface area contributed by atoms with Crippen molar-refractivity contribution in [1.29, 1.82) is 0 Å². The Bertz CT molecular complexity index is 1540. The van der Waals surface area contributed by atoms with Gasteiger partial charge < -0.3 is 19.7 Å². The third kappa shape index (κ3) is 9.84. The van der Waals surface area contributed by atoms with Gasteiger partial charge in [-0.2, -0.15) is 11.8 Å². The van der Waals surface area contributed by atoms with Crippen molar-refractivity contribution in [1.82, 2.24) is 15.1 Å². The standard InChI is InChI=1S/C37H44FN3O5S2/c1-40-18-15-29(16-19-40)46-36(43)34(17-20-47-3)39-35(42)32-14-13-30(22-33(32)25-9-11-27(38)12-10-25)45-24-28-21-31(23-41(28)2)48-37(44)26-7-5-4-6-8-26/h4-14,22,28-29,31,34H,15-21,23-24H2,1-3H3,(H,39,42). The highest BCUT2D eigenvalue weighted by Gasteiger charge is 2.32. The van der Waals surface area contributed by atoms with Crippen molar-refractivity contribution in [2.45, 2.75) is 49.1 Å². The number of carbonyl (C=O) groups is 3. The van der Waals surface area contributed by atoms with Crippen LogP contribution in [0, 0.1) is 5.82 Å². The molecule has 3 unspecified atom stereocenters. The van der Waals surface area contributed by atoms with Gasteiger partial charge in [-0.1, -0.05) is 54.2 Å². The molecule has 0 spiro atoms. The Labute approximate surface area is 291 Å². The van der Waals surface area contributed by atoms with Gasteiger partial charge in [-0.15, -0.1) is 0 Å². The molecule has 2 heterocycles. The van der Waals surface area contributed by atoms with E-state index in [2.05, 4.69) is 15.1 Å². The number of ether oxygens (including phenoxy) is 2. The van der Waals surface area contributed by atoms with Crippen LogP contribution in [0.2, 0.25) is 0 Å². The van der Waals surface area contributed by atoms with Crippen molar-refractivity contribution in [3.05, 3.63) is 89.7 Å². The quantitative estimate of drug-likeness (QED) is 0.217. The third-order valence-corrected chi connectivity index (χ3v) is 10.7. The summed E-state index contributed by atoms with van der Waals surface area (Å²) in [5.74, 6) is 0.0360. The van der Waals surface area contributed by atoms with Crippen molar-refractivity contribution >= 4 is 40.5 Å². The summed E-state index contributed by atoms with van der Waals surface area (Å²) in [4.78, 5) is 44.2. The highest BCUT2D eigenvalue weighted by molar-refractivity contribution is 8.14. The fourth-order valence-corrected chi connectivity index (χ4v) is 7.72. The number of likely N-dealkylation sites (N-methyl/N-ethyl adjacent to an activating group) is 1. The molecule has 3 aromatic rings. The van der Waals surface area contributed by atoms with E-state index in [1.165, 1.54) is 23.9 Å². The van der Waals surface area contributed by atoms with Crippen LogP contribution >= 0.6 is 23.5 Å². The molecule has 1 amide bonds. The summed E-state index contributed by atoms with van der Waals surface area (Å²) >= 11 is 2.97. The predicted molar refractivity (Wildman–Crippen MR) is 191 cm³/mol. The zero-order valence-electron chi connectivity index (χ0n) is 27.7. The number of esters is 1. The molecular formula is C37H44FN3O5S2. The zero-order chi connectivity index (χ0) is 34.0. The molecule has 2 saturated heterocycles. The smallest absolute Gasteiger partial charge is 0.328 e. The second-order valence-electron chi connectivity index (χ2n) is 12.5. The molecular weight excluding hydrogens is 650 g/mol. The van der Waals surface area contributed by atoms with Crippen LogP contribution in [0.3, 0.4) is 0 Å². The highest BCUT2D eigenvalue weighted by atomic mass is 32.2. The number of nitrogens with zero attached hydrogens (tertiary/aromatic N) is 2. The number of rotatable bonds is 13. The van der Waals surface area contributed by atoms with Crippen molar-refractivity contribution in [3.8, 4) is 16.9 Å². The molecule has 0 aliphatic carbocycles. The lowest BCUT2D eigenvalue weighted by atomic mass is 9.98. The Balaban J connectivity index is 1.27. The second-order valence-corrected chi connectivity index (χ2v) is 14.8. The number of hydrogen-bond donors (Lipinski definition) is 1. The number of thioether (sulfide) groups is 2.